The molecule has 0 aliphatic heterocycles. The lowest BCUT2D eigenvalue weighted by Crippen LogP contribution is -2.04. The van der Waals surface area contributed by atoms with Gasteiger partial charge in [0.1, 0.15) is 4.60 Å². The fraction of sp³-hybridized carbons (Fsp3) is 0.167. The summed E-state index contributed by atoms with van der Waals surface area (Å²) >= 11 is 3.03. The Labute approximate surface area is 71.4 Å². The zero-order chi connectivity index (χ0) is 8.43. The molecule has 4 nitrogen and oxygen atoms in total. The Morgan fingerprint density at radius 1 is 1.73 bits per heavy atom. The molecule has 0 unspecified atom stereocenters. The second-order valence-corrected chi connectivity index (χ2v) is 2.74. The molecule has 0 amide bonds. The number of hydrogen-bond acceptors (Lipinski definition) is 3. The van der Waals surface area contributed by atoms with Crippen molar-refractivity contribution in [2.45, 2.75) is 6.92 Å². The highest BCUT2D eigenvalue weighted by Crippen LogP contribution is 2.07. The van der Waals surface area contributed by atoms with Crippen LogP contribution in [0.2, 0.25) is 0 Å². The van der Waals surface area contributed by atoms with E-state index in [2.05, 4.69) is 25.9 Å². The van der Waals surface area contributed by atoms with Crippen LogP contribution in [0.4, 0.5) is 0 Å². The molecule has 0 bridgehead atoms. The Kier molecular flexibility index (Phi) is 2.19. The maximum Gasteiger partial charge on any atom is 0.356 e. The Hall–Kier alpha value is -0.970. The van der Waals surface area contributed by atoms with Gasteiger partial charge in [-0.05, 0) is 22.9 Å². The van der Waals surface area contributed by atoms with Gasteiger partial charge in [-0.1, -0.05) is 0 Å². The fourth-order valence-corrected chi connectivity index (χ4v) is 0.910. The first-order valence-electron chi connectivity index (χ1n) is 2.83. The van der Waals surface area contributed by atoms with Crippen molar-refractivity contribution in [3.05, 3.63) is 22.2 Å². The predicted octanol–water partition coefficient (Wildman–Crippen LogP) is 1.25. The van der Waals surface area contributed by atoms with Gasteiger partial charge >= 0.3 is 5.97 Å². The molecule has 1 heterocycles. The molecular formula is C6H5BrN2O2. The molecule has 0 aliphatic rings. The van der Waals surface area contributed by atoms with Crippen molar-refractivity contribution < 1.29 is 9.90 Å². The predicted molar refractivity (Wildman–Crippen MR) is 41.4 cm³/mol. The van der Waals surface area contributed by atoms with E-state index >= 15 is 0 Å². The van der Waals surface area contributed by atoms with E-state index in [0.29, 0.717) is 10.3 Å². The minimum atomic E-state index is -1.06. The Balaban J connectivity index is 3.23. The Bertz CT molecular complexity index is 301. The summed E-state index contributed by atoms with van der Waals surface area (Å²) in [7, 11) is 0. The Morgan fingerprint density at radius 3 is 2.82 bits per heavy atom. The summed E-state index contributed by atoms with van der Waals surface area (Å²) in [5, 5.41) is 8.57. The molecule has 0 atom stereocenters. The van der Waals surface area contributed by atoms with Gasteiger partial charge in [0.2, 0.25) is 0 Å². The van der Waals surface area contributed by atoms with Gasteiger partial charge in [0.05, 0.1) is 11.9 Å². The minimum Gasteiger partial charge on any atom is -0.476 e. The zero-order valence-electron chi connectivity index (χ0n) is 5.71. The van der Waals surface area contributed by atoms with E-state index in [-0.39, 0.29) is 5.69 Å². The molecule has 0 saturated carbocycles. The number of carbonyl (C=O) groups is 1. The lowest BCUT2D eigenvalue weighted by Gasteiger charge is -1.97. The minimum absolute atomic E-state index is 0.0145. The number of carboxylic acid groups (broad SMARTS) is 1. The summed E-state index contributed by atoms with van der Waals surface area (Å²) in [5.41, 5.74) is 0.403. The summed E-state index contributed by atoms with van der Waals surface area (Å²) in [6, 6.07) is 0. The number of carboxylic acids is 1. The van der Waals surface area contributed by atoms with E-state index < -0.39 is 5.97 Å². The van der Waals surface area contributed by atoms with E-state index in [4.69, 9.17) is 5.11 Å². The van der Waals surface area contributed by atoms with Crippen molar-refractivity contribution >= 4 is 21.9 Å². The number of aromatic carboxylic acids is 1. The van der Waals surface area contributed by atoms with Crippen molar-refractivity contribution in [3.63, 3.8) is 0 Å². The maximum atomic E-state index is 10.5. The highest BCUT2D eigenvalue weighted by Gasteiger charge is 2.09. The molecule has 0 fully saturated rings. The van der Waals surface area contributed by atoms with Crippen molar-refractivity contribution in [2.75, 3.05) is 0 Å². The van der Waals surface area contributed by atoms with E-state index in [9.17, 15) is 4.79 Å². The van der Waals surface area contributed by atoms with Crippen LogP contribution in [0.15, 0.2) is 10.8 Å². The first-order valence-corrected chi connectivity index (χ1v) is 3.63. The zero-order valence-corrected chi connectivity index (χ0v) is 7.29. The average molecular weight is 217 g/mol. The van der Waals surface area contributed by atoms with Crippen LogP contribution in [0, 0.1) is 6.92 Å². The van der Waals surface area contributed by atoms with Gasteiger partial charge in [-0.2, -0.15) is 0 Å². The first kappa shape index (κ1) is 8.13. The van der Waals surface area contributed by atoms with Crippen molar-refractivity contribution in [2.24, 2.45) is 0 Å². The highest BCUT2D eigenvalue weighted by molar-refractivity contribution is 9.10. The molecule has 1 aromatic rings. The third-order valence-electron chi connectivity index (χ3n) is 1.13. The van der Waals surface area contributed by atoms with Crippen LogP contribution in [0.1, 0.15) is 16.2 Å². The third kappa shape index (κ3) is 1.74. The molecule has 5 heteroatoms. The number of hydrogen-bond donors (Lipinski definition) is 1. The van der Waals surface area contributed by atoms with Crippen LogP contribution in [-0.2, 0) is 0 Å². The van der Waals surface area contributed by atoms with Crippen molar-refractivity contribution in [1.82, 2.24) is 9.97 Å². The van der Waals surface area contributed by atoms with Crippen LogP contribution >= 0.6 is 15.9 Å². The molecule has 0 aliphatic carbocycles. The van der Waals surface area contributed by atoms with Gasteiger partial charge < -0.3 is 5.11 Å². The average Bonchev–Trinajstić information content (AvgIpc) is 1.94. The number of aryl methyl sites for hydroxylation is 1. The largest absolute Gasteiger partial charge is 0.476 e. The van der Waals surface area contributed by atoms with E-state index in [1.807, 2.05) is 0 Å². The molecule has 1 rings (SSSR count). The Morgan fingerprint density at radius 2 is 2.36 bits per heavy atom. The van der Waals surface area contributed by atoms with Crippen molar-refractivity contribution in [3.8, 4) is 0 Å². The van der Waals surface area contributed by atoms with E-state index in [0.717, 1.165) is 0 Å². The van der Waals surface area contributed by atoms with Crippen LogP contribution in [-0.4, -0.2) is 21.0 Å². The summed E-state index contributed by atoms with van der Waals surface area (Å²) in [4.78, 5) is 18.0. The van der Waals surface area contributed by atoms with Crippen LogP contribution in [0.25, 0.3) is 0 Å². The number of nitrogens with zero attached hydrogens (tertiary/aromatic N) is 2. The molecule has 0 radical (unpaired) electrons. The summed E-state index contributed by atoms with van der Waals surface area (Å²) in [6.07, 6.45) is 1.46. The molecule has 0 aromatic carbocycles. The quantitative estimate of drug-likeness (QED) is 0.768. The smallest absolute Gasteiger partial charge is 0.356 e. The van der Waals surface area contributed by atoms with Crippen LogP contribution < -0.4 is 0 Å². The number of halogens is 1. The molecule has 1 N–H and O–H groups in total. The van der Waals surface area contributed by atoms with Gasteiger partial charge in [-0.25, -0.2) is 9.78 Å². The molecule has 0 saturated heterocycles. The fourth-order valence-electron chi connectivity index (χ4n) is 0.630. The number of aromatic nitrogens is 2. The normalized spacial score (nSPS) is 9.64. The molecule has 58 valence electrons. The molecular weight excluding hydrogens is 212 g/mol. The lowest BCUT2D eigenvalue weighted by molar-refractivity contribution is 0.0688. The van der Waals surface area contributed by atoms with Crippen molar-refractivity contribution in [1.29, 1.82) is 0 Å². The number of rotatable bonds is 1. The summed E-state index contributed by atoms with van der Waals surface area (Å²) < 4.78 is 0.431. The van der Waals surface area contributed by atoms with Crippen LogP contribution in [0.3, 0.4) is 0 Å². The highest BCUT2D eigenvalue weighted by atomic mass is 79.9. The van der Waals surface area contributed by atoms with Gasteiger partial charge in [-0.3, -0.25) is 4.98 Å². The lowest BCUT2D eigenvalue weighted by atomic mass is 10.3. The molecule has 11 heavy (non-hydrogen) atoms. The first-order chi connectivity index (χ1) is 5.11. The topological polar surface area (TPSA) is 63.1 Å². The van der Waals surface area contributed by atoms with E-state index in [1.165, 1.54) is 6.20 Å². The molecule has 0 spiro atoms. The SMILES string of the molecule is Cc1ncc(Br)nc1C(=O)O. The van der Waals surface area contributed by atoms with Gasteiger partial charge in [-0.15, -0.1) is 0 Å². The standard InChI is InChI=1S/C6H5BrN2O2/c1-3-5(6(10)11)9-4(7)2-8-3/h2H,1H3,(H,10,11). The van der Waals surface area contributed by atoms with Gasteiger partial charge in [0.15, 0.2) is 5.69 Å². The second-order valence-electron chi connectivity index (χ2n) is 1.93. The van der Waals surface area contributed by atoms with Gasteiger partial charge in [0.25, 0.3) is 0 Å². The summed E-state index contributed by atoms with van der Waals surface area (Å²) in [6.45, 7) is 1.60. The second kappa shape index (κ2) is 2.96. The van der Waals surface area contributed by atoms with Gasteiger partial charge in [0, 0.05) is 0 Å². The van der Waals surface area contributed by atoms with E-state index in [1.54, 1.807) is 6.92 Å². The van der Waals surface area contributed by atoms with Crippen LogP contribution in [0.5, 0.6) is 0 Å². The summed E-state index contributed by atoms with van der Waals surface area (Å²) in [5.74, 6) is -1.06. The monoisotopic (exact) mass is 216 g/mol. The maximum absolute atomic E-state index is 10.5. The third-order valence-corrected chi connectivity index (χ3v) is 1.51. The molecule has 1 aromatic heterocycles.